The van der Waals surface area contributed by atoms with Crippen molar-refractivity contribution in [2.75, 3.05) is 7.11 Å². The Bertz CT molecular complexity index is 728. The van der Waals surface area contributed by atoms with Gasteiger partial charge in [0, 0.05) is 0 Å². The fraction of sp³-hybridized carbons (Fsp3) is 0.0667. The standard InChI is InChI=1S/C15H11NO3/c1-18-15(17)11-4-2-10(3-5-11)12-6-7-14-13(8-12)16-9-19-14/h2-9H,1H3. The van der Waals surface area contributed by atoms with Crippen LogP contribution in [-0.4, -0.2) is 18.1 Å². The quantitative estimate of drug-likeness (QED) is 0.658. The van der Waals surface area contributed by atoms with E-state index in [1.807, 2.05) is 30.3 Å². The number of methoxy groups -OCH3 is 1. The second-order valence-corrected chi connectivity index (χ2v) is 4.10. The van der Waals surface area contributed by atoms with Crippen LogP contribution in [0, 0.1) is 0 Å². The number of aromatic nitrogens is 1. The van der Waals surface area contributed by atoms with Crippen LogP contribution in [0.25, 0.3) is 22.2 Å². The summed E-state index contributed by atoms with van der Waals surface area (Å²) in [5.74, 6) is -0.335. The Morgan fingerprint density at radius 3 is 2.58 bits per heavy atom. The predicted molar refractivity (Wildman–Crippen MR) is 70.8 cm³/mol. The third-order valence-electron chi connectivity index (χ3n) is 2.97. The third-order valence-corrected chi connectivity index (χ3v) is 2.97. The highest BCUT2D eigenvalue weighted by Gasteiger charge is 2.06. The van der Waals surface area contributed by atoms with Gasteiger partial charge >= 0.3 is 5.97 Å². The number of ether oxygens (including phenoxy) is 1. The zero-order valence-corrected chi connectivity index (χ0v) is 10.3. The van der Waals surface area contributed by atoms with Gasteiger partial charge in [-0.25, -0.2) is 9.78 Å². The Balaban J connectivity index is 1.99. The number of esters is 1. The first-order valence-electron chi connectivity index (χ1n) is 5.80. The van der Waals surface area contributed by atoms with Gasteiger partial charge < -0.3 is 9.15 Å². The first-order valence-corrected chi connectivity index (χ1v) is 5.80. The third kappa shape index (κ3) is 2.08. The zero-order valence-electron chi connectivity index (χ0n) is 10.3. The van der Waals surface area contributed by atoms with E-state index in [0.29, 0.717) is 5.56 Å². The molecule has 0 aliphatic carbocycles. The maximum Gasteiger partial charge on any atom is 0.337 e. The average molecular weight is 253 g/mol. The van der Waals surface area contributed by atoms with E-state index in [4.69, 9.17) is 4.42 Å². The second kappa shape index (κ2) is 4.57. The van der Waals surface area contributed by atoms with Crippen molar-refractivity contribution in [3.63, 3.8) is 0 Å². The molecule has 4 heteroatoms. The molecule has 0 saturated carbocycles. The van der Waals surface area contributed by atoms with Crippen LogP contribution >= 0.6 is 0 Å². The SMILES string of the molecule is COC(=O)c1ccc(-c2ccc3ocnc3c2)cc1. The number of fused-ring (bicyclic) bond motifs is 1. The van der Waals surface area contributed by atoms with Gasteiger partial charge in [-0.2, -0.15) is 0 Å². The molecule has 0 radical (unpaired) electrons. The van der Waals surface area contributed by atoms with Gasteiger partial charge in [-0.1, -0.05) is 18.2 Å². The molecule has 0 fully saturated rings. The molecule has 0 bridgehead atoms. The molecule has 0 unspecified atom stereocenters. The fourth-order valence-corrected chi connectivity index (χ4v) is 1.95. The Hall–Kier alpha value is -2.62. The number of hydrogen-bond donors (Lipinski definition) is 0. The monoisotopic (exact) mass is 253 g/mol. The van der Waals surface area contributed by atoms with Crippen LogP contribution in [0.3, 0.4) is 0 Å². The minimum Gasteiger partial charge on any atom is -0.465 e. The van der Waals surface area contributed by atoms with Gasteiger partial charge in [0.2, 0.25) is 0 Å². The molecule has 3 rings (SSSR count). The first kappa shape index (κ1) is 11.5. The van der Waals surface area contributed by atoms with Crippen molar-refractivity contribution in [2.45, 2.75) is 0 Å². The zero-order chi connectivity index (χ0) is 13.2. The molecule has 4 nitrogen and oxygen atoms in total. The molecule has 0 saturated heterocycles. The maximum absolute atomic E-state index is 11.4. The summed E-state index contributed by atoms with van der Waals surface area (Å²) >= 11 is 0. The molecule has 19 heavy (non-hydrogen) atoms. The molecular formula is C15H11NO3. The maximum atomic E-state index is 11.4. The normalized spacial score (nSPS) is 10.6. The molecule has 2 aromatic carbocycles. The lowest BCUT2D eigenvalue weighted by Gasteiger charge is -2.03. The van der Waals surface area contributed by atoms with E-state index in [-0.39, 0.29) is 5.97 Å². The summed E-state index contributed by atoms with van der Waals surface area (Å²) in [4.78, 5) is 15.5. The Kier molecular flexibility index (Phi) is 2.76. The summed E-state index contributed by atoms with van der Waals surface area (Å²) in [5, 5.41) is 0. The summed E-state index contributed by atoms with van der Waals surface area (Å²) < 4.78 is 9.87. The van der Waals surface area contributed by atoms with Crippen LogP contribution in [0.5, 0.6) is 0 Å². The molecule has 1 aromatic heterocycles. The molecule has 3 aromatic rings. The Labute approximate surface area is 109 Å². The van der Waals surface area contributed by atoms with E-state index >= 15 is 0 Å². The van der Waals surface area contributed by atoms with Gasteiger partial charge in [-0.05, 0) is 35.4 Å². The van der Waals surface area contributed by atoms with Crippen LogP contribution < -0.4 is 0 Å². The summed E-state index contributed by atoms with van der Waals surface area (Å²) in [6, 6.07) is 13.0. The second-order valence-electron chi connectivity index (χ2n) is 4.10. The first-order chi connectivity index (χ1) is 9.28. The molecule has 0 N–H and O–H groups in total. The molecule has 0 atom stereocenters. The van der Waals surface area contributed by atoms with Crippen molar-refractivity contribution in [1.29, 1.82) is 0 Å². The number of nitrogens with zero attached hydrogens (tertiary/aromatic N) is 1. The Morgan fingerprint density at radius 1 is 1.11 bits per heavy atom. The van der Waals surface area contributed by atoms with Crippen molar-refractivity contribution in [1.82, 2.24) is 4.98 Å². The fourth-order valence-electron chi connectivity index (χ4n) is 1.95. The minimum absolute atomic E-state index is 0.335. The van der Waals surface area contributed by atoms with Gasteiger partial charge in [0.15, 0.2) is 12.0 Å². The summed E-state index contributed by atoms with van der Waals surface area (Å²) in [5.41, 5.74) is 4.15. The van der Waals surface area contributed by atoms with Crippen LogP contribution in [-0.2, 0) is 4.74 Å². The number of benzene rings is 2. The number of rotatable bonds is 2. The average Bonchev–Trinajstić information content (AvgIpc) is 2.94. The molecule has 1 heterocycles. The van der Waals surface area contributed by atoms with Crippen LogP contribution in [0.15, 0.2) is 53.3 Å². The number of carbonyl (C=O) groups excluding carboxylic acids is 1. The summed E-state index contributed by atoms with van der Waals surface area (Å²) in [6.45, 7) is 0. The number of oxazole rings is 1. The summed E-state index contributed by atoms with van der Waals surface area (Å²) in [7, 11) is 1.37. The van der Waals surface area contributed by atoms with Gasteiger partial charge in [-0.3, -0.25) is 0 Å². The van der Waals surface area contributed by atoms with E-state index in [1.165, 1.54) is 13.5 Å². The predicted octanol–water partition coefficient (Wildman–Crippen LogP) is 3.28. The van der Waals surface area contributed by atoms with Crippen LogP contribution in [0.1, 0.15) is 10.4 Å². The lowest BCUT2D eigenvalue weighted by Crippen LogP contribution is -2.00. The Morgan fingerprint density at radius 2 is 1.84 bits per heavy atom. The van der Waals surface area contributed by atoms with Crippen molar-refractivity contribution >= 4 is 17.1 Å². The highest BCUT2D eigenvalue weighted by molar-refractivity contribution is 5.90. The molecule has 0 spiro atoms. The largest absolute Gasteiger partial charge is 0.465 e. The van der Waals surface area contributed by atoms with Crippen molar-refractivity contribution in [3.8, 4) is 11.1 Å². The minimum atomic E-state index is -0.335. The van der Waals surface area contributed by atoms with Gasteiger partial charge in [-0.15, -0.1) is 0 Å². The molecular weight excluding hydrogens is 242 g/mol. The lowest BCUT2D eigenvalue weighted by molar-refractivity contribution is 0.0601. The van der Waals surface area contributed by atoms with Crippen molar-refractivity contribution in [2.24, 2.45) is 0 Å². The van der Waals surface area contributed by atoms with Crippen LogP contribution in [0.4, 0.5) is 0 Å². The topological polar surface area (TPSA) is 52.3 Å². The van der Waals surface area contributed by atoms with E-state index < -0.39 is 0 Å². The van der Waals surface area contributed by atoms with Gasteiger partial charge in [0.1, 0.15) is 5.52 Å². The highest BCUT2D eigenvalue weighted by Crippen LogP contribution is 2.24. The van der Waals surface area contributed by atoms with Crippen molar-refractivity contribution in [3.05, 3.63) is 54.4 Å². The van der Waals surface area contributed by atoms with E-state index in [2.05, 4.69) is 9.72 Å². The lowest BCUT2D eigenvalue weighted by atomic mass is 10.0. The van der Waals surface area contributed by atoms with E-state index in [1.54, 1.807) is 12.1 Å². The van der Waals surface area contributed by atoms with Gasteiger partial charge in [0.05, 0.1) is 12.7 Å². The number of carbonyl (C=O) groups is 1. The number of hydrogen-bond acceptors (Lipinski definition) is 4. The van der Waals surface area contributed by atoms with E-state index in [0.717, 1.165) is 22.2 Å². The summed E-state index contributed by atoms with van der Waals surface area (Å²) in [6.07, 6.45) is 1.43. The van der Waals surface area contributed by atoms with Crippen LogP contribution in [0.2, 0.25) is 0 Å². The van der Waals surface area contributed by atoms with Crippen molar-refractivity contribution < 1.29 is 13.9 Å². The molecule has 0 amide bonds. The van der Waals surface area contributed by atoms with Gasteiger partial charge in [0.25, 0.3) is 0 Å². The molecule has 0 aliphatic rings. The molecule has 0 aliphatic heterocycles. The van der Waals surface area contributed by atoms with E-state index in [9.17, 15) is 4.79 Å². The molecule has 94 valence electrons. The smallest absolute Gasteiger partial charge is 0.337 e. The highest BCUT2D eigenvalue weighted by atomic mass is 16.5.